The number of hydrogen-bond donors (Lipinski definition) is 3. The van der Waals surface area contributed by atoms with Crippen molar-refractivity contribution in [2.24, 2.45) is 5.73 Å². The Balaban J connectivity index is 1.56. The number of aryl methyl sites for hydroxylation is 1. The van der Waals surface area contributed by atoms with E-state index in [1.165, 1.54) is 0 Å². The third-order valence-corrected chi connectivity index (χ3v) is 4.69. The topological polar surface area (TPSA) is 132 Å². The van der Waals surface area contributed by atoms with E-state index in [1.54, 1.807) is 25.4 Å². The summed E-state index contributed by atoms with van der Waals surface area (Å²) in [5, 5.41) is 6.29. The lowest BCUT2D eigenvalue weighted by molar-refractivity contribution is 0.1000. The number of carbonyl (C=O) groups excluding carboxylic acids is 1. The van der Waals surface area contributed by atoms with Crippen LogP contribution in [-0.2, 0) is 6.42 Å². The molecule has 0 radical (unpaired) electrons. The third-order valence-electron chi connectivity index (χ3n) is 4.69. The zero-order chi connectivity index (χ0) is 22.3. The first-order valence-electron chi connectivity index (χ1n) is 10.1. The third kappa shape index (κ3) is 5.01. The molecule has 4 rings (SSSR count). The maximum atomic E-state index is 12.1. The van der Waals surface area contributed by atoms with Crippen LogP contribution >= 0.6 is 0 Å². The van der Waals surface area contributed by atoms with Gasteiger partial charge in [0.25, 0.3) is 5.91 Å². The lowest BCUT2D eigenvalue weighted by Gasteiger charge is -2.13. The number of benzene rings is 1. The van der Waals surface area contributed by atoms with Crippen LogP contribution in [0.5, 0.6) is 0 Å². The first-order chi connectivity index (χ1) is 15.6. The van der Waals surface area contributed by atoms with Crippen molar-refractivity contribution >= 4 is 23.5 Å². The number of primary amides is 1. The fourth-order valence-electron chi connectivity index (χ4n) is 3.17. The molecular formula is C23H22N8O. The Kier molecular flexibility index (Phi) is 6.26. The molecule has 0 spiro atoms. The molecule has 0 aliphatic heterocycles. The second-order valence-electron chi connectivity index (χ2n) is 7.02. The van der Waals surface area contributed by atoms with Crippen molar-refractivity contribution in [3.63, 3.8) is 0 Å². The molecule has 1 aromatic carbocycles. The number of pyridine rings is 1. The molecule has 0 bridgehead atoms. The Morgan fingerprint density at radius 3 is 2.59 bits per heavy atom. The standard InChI is InChI=1S/C23H22N8O/c1-15-19(20(24)32)22(31-21(28-15)17-7-3-2-4-8-17)29-18-10-13-27-23(30-18)26-12-9-16-6-5-11-25-14-16/h2-8,10-11,13-14H,9,12H2,1H3,(H2,24,32)(H2,26,27,28,29,30,31). The van der Waals surface area contributed by atoms with E-state index in [0.29, 0.717) is 35.6 Å². The monoisotopic (exact) mass is 426 g/mol. The fraction of sp³-hybridized carbons (Fsp3) is 0.130. The van der Waals surface area contributed by atoms with Crippen molar-refractivity contribution in [1.82, 2.24) is 24.9 Å². The smallest absolute Gasteiger partial charge is 0.254 e. The molecule has 9 nitrogen and oxygen atoms in total. The molecule has 4 N–H and O–H groups in total. The Hall–Kier alpha value is -4.40. The molecule has 32 heavy (non-hydrogen) atoms. The van der Waals surface area contributed by atoms with E-state index in [1.807, 2.05) is 48.7 Å². The highest BCUT2D eigenvalue weighted by molar-refractivity contribution is 5.99. The van der Waals surface area contributed by atoms with Gasteiger partial charge in [-0.1, -0.05) is 36.4 Å². The fourth-order valence-corrected chi connectivity index (χ4v) is 3.17. The van der Waals surface area contributed by atoms with Gasteiger partial charge in [-0.2, -0.15) is 4.98 Å². The van der Waals surface area contributed by atoms with Crippen LogP contribution in [0.3, 0.4) is 0 Å². The zero-order valence-electron chi connectivity index (χ0n) is 17.5. The molecule has 0 unspecified atom stereocenters. The highest BCUT2D eigenvalue weighted by Crippen LogP contribution is 2.24. The van der Waals surface area contributed by atoms with Crippen molar-refractivity contribution in [2.45, 2.75) is 13.3 Å². The van der Waals surface area contributed by atoms with Crippen LogP contribution in [-0.4, -0.2) is 37.4 Å². The van der Waals surface area contributed by atoms with E-state index in [-0.39, 0.29) is 5.56 Å². The Morgan fingerprint density at radius 2 is 1.84 bits per heavy atom. The molecular weight excluding hydrogens is 404 g/mol. The normalized spacial score (nSPS) is 10.5. The molecule has 3 heterocycles. The zero-order valence-corrected chi connectivity index (χ0v) is 17.5. The van der Waals surface area contributed by atoms with Crippen molar-refractivity contribution < 1.29 is 4.79 Å². The minimum absolute atomic E-state index is 0.217. The quantitative estimate of drug-likeness (QED) is 0.391. The second-order valence-corrected chi connectivity index (χ2v) is 7.02. The Morgan fingerprint density at radius 1 is 1.00 bits per heavy atom. The molecule has 0 aliphatic rings. The molecule has 0 saturated heterocycles. The van der Waals surface area contributed by atoms with Crippen LogP contribution < -0.4 is 16.4 Å². The van der Waals surface area contributed by atoms with Crippen LogP contribution in [0, 0.1) is 6.92 Å². The number of nitrogens with two attached hydrogens (primary N) is 1. The summed E-state index contributed by atoms with van der Waals surface area (Å²) < 4.78 is 0. The molecule has 0 atom stereocenters. The highest BCUT2D eigenvalue weighted by Gasteiger charge is 2.18. The molecule has 0 aliphatic carbocycles. The molecule has 0 fully saturated rings. The van der Waals surface area contributed by atoms with E-state index >= 15 is 0 Å². The lowest BCUT2D eigenvalue weighted by atomic mass is 10.1. The Labute approximate surface area is 185 Å². The molecule has 3 aromatic heterocycles. The van der Waals surface area contributed by atoms with E-state index in [9.17, 15) is 4.79 Å². The van der Waals surface area contributed by atoms with Crippen LogP contribution in [0.4, 0.5) is 17.6 Å². The van der Waals surface area contributed by atoms with Crippen molar-refractivity contribution in [3.05, 3.63) is 83.9 Å². The van der Waals surface area contributed by atoms with Crippen molar-refractivity contribution in [3.8, 4) is 11.4 Å². The maximum absolute atomic E-state index is 12.1. The van der Waals surface area contributed by atoms with Crippen LogP contribution in [0.15, 0.2) is 67.1 Å². The van der Waals surface area contributed by atoms with E-state index in [0.717, 1.165) is 17.5 Å². The minimum Gasteiger partial charge on any atom is -0.365 e. The number of hydrogen-bond acceptors (Lipinski definition) is 8. The Bertz CT molecular complexity index is 1220. The largest absolute Gasteiger partial charge is 0.365 e. The molecule has 1 amide bonds. The number of nitrogens with zero attached hydrogens (tertiary/aromatic N) is 5. The van der Waals surface area contributed by atoms with Gasteiger partial charge >= 0.3 is 0 Å². The van der Waals surface area contributed by atoms with Gasteiger partial charge in [0.15, 0.2) is 5.82 Å². The molecule has 4 aromatic rings. The van der Waals surface area contributed by atoms with Crippen molar-refractivity contribution in [1.29, 1.82) is 0 Å². The summed E-state index contributed by atoms with van der Waals surface area (Å²) in [5.74, 6) is 1.09. The van der Waals surface area contributed by atoms with Gasteiger partial charge in [0.2, 0.25) is 5.95 Å². The summed E-state index contributed by atoms with van der Waals surface area (Å²) in [6.07, 6.45) is 5.98. The summed E-state index contributed by atoms with van der Waals surface area (Å²) in [6, 6.07) is 15.1. The summed E-state index contributed by atoms with van der Waals surface area (Å²) >= 11 is 0. The van der Waals surface area contributed by atoms with Crippen LogP contribution in [0.2, 0.25) is 0 Å². The van der Waals surface area contributed by atoms with Crippen LogP contribution in [0.1, 0.15) is 21.6 Å². The van der Waals surface area contributed by atoms with Crippen molar-refractivity contribution in [2.75, 3.05) is 17.2 Å². The lowest BCUT2D eigenvalue weighted by Crippen LogP contribution is -2.18. The predicted molar refractivity (Wildman–Crippen MR) is 122 cm³/mol. The van der Waals surface area contributed by atoms with Gasteiger partial charge in [-0.3, -0.25) is 9.78 Å². The minimum atomic E-state index is -0.617. The summed E-state index contributed by atoms with van der Waals surface area (Å²) in [6.45, 7) is 2.37. The number of rotatable bonds is 8. The number of carbonyl (C=O) groups is 1. The number of nitrogens with one attached hydrogen (secondary N) is 2. The van der Waals surface area contributed by atoms with E-state index in [2.05, 4.69) is 35.6 Å². The van der Waals surface area contributed by atoms with E-state index in [4.69, 9.17) is 5.73 Å². The summed E-state index contributed by atoms with van der Waals surface area (Å²) in [5.41, 5.74) is 8.25. The summed E-state index contributed by atoms with van der Waals surface area (Å²) in [7, 11) is 0. The average molecular weight is 426 g/mol. The van der Waals surface area contributed by atoms with Gasteiger partial charge in [-0.15, -0.1) is 0 Å². The highest BCUT2D eigenvalue weighted by atomic mass is 16.1. The van der Waals surface area contributed by atoms with Gasteiger partial charge in [0.1, 0.15) is 17.2 Å². The van der Waals surface area contributed by atoms with Gasteiger partial charge < -0.3 is 16.4 Å². The number of amides is 1. The van der Waals surface area contributed by atoms with Gasteiger partial charge in [-0.25, -0.2) is 15.0 Å². The SMILES string of the molecule is Cc1nc(-c2ccccc2)nc(Nc2ccnc(NCCc3cccnc3)n2)c1C(N)=O. The van der Waals surface area contributed by atoms with Crippen LogP contribution in [0.25, 0.3) is 11.4 Å². The summed E-state index contributed by atoms with van der Waals surface area (Å²) in [4.78, 5) is 33.9. The second kappa shape index (κ2) is 9.61. The predicted octanol–water partition coefficient (Wildman–Crippen LogP) is 3.13. The first-order valence-corrected chi connectivity index (χ1v) is 10.1. The maximum Gasteiger partial charge on any atom is 0.254 e. The first kappa shape index (κ1) is 20.9. The molecule has 0 saturated carbocycles. The number of aromatic nitrogens is 5. The average Bonchev–Trinajstić information content (AvgIpc) is 2.80. The van der Waals surface area contributed by atoms with E-state index < -0.39 is 5.91 Å². The van der Waals surface area contributed by atoms with Gasteiger partial charge in [0.05, 0.1) is 5.69 Å². The van der Waals surface area contributed by atoms with Gasteiger partial charge in [-0.05, 0) is 31.0 Å². The number of anilines is 3. The van der Waals surface area contributed by atoms with Gasteiger partial charge in [0, 0.05) is 30.7 Å². The molecule has 9 heteroatoms. The molecule has 160 valence electrons.